The van der Waals surface area contributed by atoms with Gasteiger partial charge in [0.25, 0.3) is 9.05 Å². The average Bonchev–Trinajstić information content (AvgIpc) is 3.09. The number of carbonyl (C=O) groups is 1. The van der Waals surface area contributed by atoms with Gasteiger partial charge in [0.05, 0.1) is 48.2 Å². The van der Waals surface area contributed by atoms with Crippen molar-refractivity contribution in [3.05, 3.63) is 53.4 Å². The minimum absolute atomic E-state index is 0.00733. The van der Waals surface area contributed by atoms with E-state index in [-0.39, 0.29) is 25.3 Å². The van der Waals surface area contributed by atoms with Crippen LogP contribution in [0.25, 0.3) is 16.9 Å². The average molecular weight is 500 g/mol. The van der Waals surface area contributed by atoms with Crippen molar-refractivity contribution >= 4 is 31.5 Å². The van der Waals surface area contributed by atoms with Crippen LogP contribution in [0.5, 0.6) is 0 Å². The fraction of sp³-hybridized carbons (Fsp3) is 0.333. The number of methoxy groups -OCH3 is 1. The molecule has 1 saturated heterocycles. The summed E-state index contributed by atoms with van der Waals surface area (Å²) < 4.78 is 65.4. The van der Waals surface area contributed by atoms with Crippen molar-refractivity contribution < 1.29 is 31.5 Å². The molecule has 1 aromatic carbocycles. The number of fused-ring (bicyclic) bond motifs is 1. The number of benzene rings is 1. The van der Waals surface area contributed by atoms with Crippen LogP contribution in [-0.4, -0.2) is 61.7 Å². The lowest BCUT2D eigenvalue weighted by molar-refractivity contribution is -0.0241. The summed E-state index contributed by atoms with van der Waals surface area (Å²) >= 11 is 0. The van der Waals surface area contributed by atoms with E-state index < -0.39 is 43.3 Å². The molecule has 3 heterocycles. The minimum atomic E-state index is -4.33. The van der Waals surface area contributed by atoms with E-state index in [9.17, 15) is 22.0 Å². The SMILES string of the molecule is COC(=O)N1CCO[C@@H](Cc2c(-c3c(F)cc(S(=O)(=O)Cl)cc3F)nc3cc(C)ccn23)C1. The van der Waals surface area contributed by atoms with Crippen LogP contribution in [0.1, 0.15) is 11.3 Å². The lowest BCUT2D eigenvalue weighted by atomic mass is 10.0. The van der Waals surface area contributed by atoms with Crippen LogP contribution in [0.2, 0.25) is 0 Å². The molecule has 0 spiro atoms. The molecule has 12 heteroatoms. The number of amides is 1. The number of rotatable bonds is 4. The standard InChI is InChI=1S/C21H20ClF2N3O5S/c1-12-3-4-27-17(8-13-11-26(5-6-32-13)21(28)31-2)20(25-18(27)7-12)19-15(23)9-14(10-16(19)24)33(22,29)30/h3-4,7,9-10,13H,5-6,8,11H2,1-2H3/t13-/m0/s1. The molecule has 0 unspecified atom stereocenters. The number of nitrogens with zero attached hydrogens (tertiary/aromatic N) is 3. The normalized spacial score (nSPS) is 16.9. The second-order valence-corrected chi connectivity index (χ2v) is 10.2. The van der Waals surface area contributed by atoms with Crippen molar-refractivity contribution in [1.82, 2.24) is 14.3 Å². The summed E-state index contributed by atoms with van der Waals surface area (Å²) in [6.07, 6.45) is 0.936. The molecule has 0 saturated carbocycles. The molecule has 1 aliphatic rings. The van der Waals surface area contributed by atoms with E-state index in [0.717, 1.165) is 5.56 Å². The Balaban J connectivity index is 1.82. The zero-order valence-corrected chi connectivity index (χ0v) is 19.3. The topological polar surface area (TPSA) is 90.2 Å². The first-order chi connectivity index (χ1) is 15.6. The third-order valence-corrected chi connectivity index (χ3v) is 6.74. The molecule has 0 aliphatic carbocycles. The smallest absolute Gasteiger partial charge is 0.409 e. The maximum absolute atomic E-state index is 15.0. The lowest BCUT2D eigenvalue weighted by Crippen LogP contribution is -2.46. The zero-order valence-electron chi connectivity index (χ0n) is 17.7. The molecular formula is C21H20ClF2N3O5S. The van der Waals surface area contributed by atoms with Crippen molar-refractivity contribution in [1.29, 1.82) is 0 Å². The second kappa shape index (κ2) is 8.88. The zero-order chi connectivity index (χ0) is 23.9. The number of pyridine rings is 1. The molecule has 0 bridgehead atoms. The highest BCUT2D eigenvalue weighted by Crippen LogP contribution is 2.33. The van der Waals surface area contributed by atoms with E-state index in [1.165, 1.54) is 12.0 Å². The molecule has 4 rings (SSSR count). The van der Waals surface area contributed by atoms with Crippen LogP contribution in [-0.2, 0) is 24.9 Å². The molecule has 2 aromatic heterocycles. The molecule has 1 atom stereocenters. The molecule has 8 nitrogen and oxygen atoms in total. The largest absolute Gasteiger partial charge is 0.453 e. The van der Waals surface area contributed by atoms with E-state index in [0.29, 0.717) is 30.0 Å². The van der Waals surface area contributed by atoms with Crippen LogP contribution < -0.4 is 0 Å². The van der Waals surface area contributed by atoms with Crippen molar-refractivity contribution in [2.45, 2.75) is 24.3 Å². The van der Waals surface area contributed by atoms with Gasteiger partial charge < -0.3 is 18.8 Å². The summed E-state index contributed by atoms with van der Waals surface area (Å²) in [6.45, 7) is 2.71. The van der Waals surface area contributed by atoms with Crippen molar-refractivity contribution in [3.8, 4) is 11.3 Å². The first-order valence-electron chi connectivity index (χ1n) is 9.94. The summed E-state index contributed by atoms with van der Waals surface area (Å²) in [7, 11) is 2.21. The molecule has 1 amide bonds. The Morgan fingerprint density at radius 3 is 2.64 bits per heavy atom. The van der Waals surface area contributed by atoms with Gasteiger partial charge in [-0.1, -0.05) is 0 Å². The summed E-state index contributed by atoms with van der Waals surface area (Å²) in [5.41, 5.74) is 1.32. The Morgan fingerprint density at radius 1 is 1.30 bits per heavy atom. The highest BCUT2D eigenvalue weighted by Gasteiger charge is 2.29. The Labute approximate surface area is 193 Å². The van der Waals surface area contributed by atoms with Crippen LogP contribution >= 0.6 is 10.7 Å². The fourth-order valence-electron chi connectivity index (χ4n) is 3.86. The van der Waals surface area contributed by atoms with Crippen LogP contribution in [0.15, 0.2) is 35.4 Å². The monoisotopic (exact) mass is 499 g/mol. The maximum Gasteiger partial charge on any atom is 0.409 e. The Kier molecular flexibility index (Phi) is 6.30. The Morgan fingerprint density at radius 2 is 2.00 bits per heavy atom. The summed E-state index contributed by atoms with van der Waals surface area (Å²) in [4.78, 5) is 17.2. The Hall–Kier alpha value is -2.76. The predicted molar refractivity (Wildman–Crippen MR) is 116 cm³/mol. The van der Waals surface area contributed by atoms with Gasteiger partial charge in [-0.25, -0.2) is 27.0 Å². The second-order valence-electron chi connectivity index (χ2n) is 7.65. The van der Waals surface area contributed by atoms with Gasteiger partial charge >= 0.3 is 6.09 Å². The van der Waals surface area contributed by atoms with Crippen molar-refractivity contribution in [3.63, 3.8) is 0 Å². The van der Waals surface area contributed by atoms with E-state index in [2.05, 4.69) is 4.98 Å². The summed E-state index contributed by atoms with van der Waals surface area (Å²) in [5.74, 6) is -2.23. The van der Waals surface area contributed by atoms with E-state index in [4.69, 9.17) is 20.2 Å². The van der Waals surface area contributed by atoms with Gasteiger partial charge in [-0.3, -0.25) is 0 Å². The molecule has 33 heavy (non-hydrogen) atoms. The van der Waals surface area contributed by atoms with Gasteiger partial charge in [0.1, 0.15) is 17.3 Å². The third kappa shape index (κ3) is 4.66. The van der Waals surface area contributed by atoms with Gasteiger partial charge in [-0.05, 0) is 36.8 Å². The molecule has 0 N–H and O–H groups in total. The van der Waals surface area contributed by atoms with E-state index in [1.807, 2.05) is 13.0 Å². The van der Waals surface area contributed by atoms with Crippen LogP contribution in [0.4, 0.5) is 13.6 Å². The van der Waals surface area contributed by atoms with Gasteiger partial charge in [-0.2, -0.15) is 0 Å². The number of hydrogen-bond donors (Lipinski definition) is 0. The first-order valence-corrected chi connectivity index (χ1v) is 12.3. The number of halogens is 3. The van der Waals surface area contributed by atoms with Crippen LogP contribution in [0, 0.1) is 18.6 Å². The lowest BCUT2D eigenvalue weighted by Gasteiger charge is -2.32. The quantitative estimate of drug-likeness (QED) is 0.510. The van der Waals surface area contributed by atoms with Crippen molar-refractivity contribution in [2.75, 3.05) is 26.8 Å². The predicted octanol–water partition coefficient (Wildman–Crippen LogP) is 3.53. The molecule has 1 aliphatic heterocycles. The Bertz CT molecular complexity index is 1320. The summed E-state index contributed by atoms with van der Waals surface area (Å²) in [5, 5.41) is 0. The minimum Gasteiger partial charge on any atom is -0.453 e. The van der Waals surface area contributed by atoms with E-state index >= 15 is 0 Å². The molecule has 1 fully saturated rings. The molecule has 176 valence electrons. The van der Waals surface area contributed by atoms with Gasteiger partial charge in [0.2, 0.25) is 0 Å². The third-order valence-electron chi connectivity index (χ3n) is 5.41. The number of aromatic nitrogens is 2. The molecule has 0 radical (unpaired) electrons. The number of ether oxygens (including phenoxy) is 2. The van der Waals surface area contributed by atoms with Crippen molar-refractivity contribution in [2.24, 2.45) is 0 Å². The van der Waals surface area contributed by atoms with Gasteiger partial charge in [0.15, 0.2) is 0 Å². The number of morpholine rings is 1. The molecule has 3 aromatic rings. The van der Waals surface area contributed by atoms with Gasteiger partial charge in [-0.15, -0.1) is 0 Å². The summed E-state index contributed by atoms with van der Waals surface area (Å²) in [6, 6.07) is 4.90. The number of imidazole rings is 1. The number of carbonyl (C=O) groups excluding carboxylic acids is 1. The highest BCUT2D eigenvalue weighted by molar-refractivity contribution is 8.13. The van der Waals surface area contributed by atoms with Gasteiger partial charge in [0, 0.05) is 29.8 Å². The fourth-order valence-corrected chi connectivity index (χ4v) is 4.62. The highest BCUT2D eigenvalue weighted by atomic mass is 35.7. The maximum atomic E-state index is 15.0. The van der Waals surface area contributed by atoms with E-state index in [1.54, 1.807) is 16.7 Å². The number of aryl methyl sites for hydroxylation is 1. The number of hydrogen-bond acceptors (Lipinski definition) is 6. The van der Waals surface area contributed by atoms with Crippen LogP contribution in [0.3, 0.4) is 0 Å². The first kappa shape index (κ1) is 23.4. The molecular weight excluding hydrogens is 480 g/mol.